The number of piperazine rings is 1. The highest BCUT2D eigenvalue weighted by atomic mass is 16.4. The van der Waals surface area contributed by atoms with E-state index < -0.39 is 11.0 Å². The normalized spacial score (nSPS) is 14.9. The third-order valence-electron chi connectivity index (χ3n) is 7.34. The number of hydrogen-bond acceptors (Lipinski definition) is 6. The molecular formula is C30H37N5O3. The second kappa shape index (κ2) is 10.5. The number of H-pyrrole nitrogens is 1. The number of benzene rings is 2. The number of nitrogens with one attached hydrogen (secondary N) is 2. The van der Waals surface area contributed by atoms with Crippen molar-refractivity contribution in [2.45, 2.75) is 40.0 Å². The van der Waals surface area contributed by atoms with Crippen LogP contribution in [0.3, 0.4) is 0 Å². The van der Waals surface area contributed by atoms with Crippen LogP contribution in [0.2, 0.25) is 0 Å². The first kappa shape index (κ1) is 25.9. The SMILES string of the molecule is CC(C)(C)C(=O)Nc1cc2cc(N3CCN(CCCCc4c[nH]c5ccc(N)cc45)CC3)ccc2oc1=O. The van der Waals surface area contributed by atoms with Crippen LogP contribution in [0.15, 0.2) is 57.9 Å². The molecule has 4 aromatic rings. The molecule has 8 nitrogen and oxygen atoms in total. The molecule has 0 bridgehead atoms. The number of nitrogens with two attached hydrogens (primary N) is 1. The van der Waals surface area contributed by atoms with Gasteiger partial charge in [0, 0.05) is 65.5 Å². The number of nitrogens with zero attached hydrogens (tertiary/aromatic N) is 2. The third-order valence-corrected chi connectivity index (χ3v) is 7.34. The number of amides is 1. The second-order valence-corrected chi connectivity index (χ2v) is 11.3. The number of hydrogen-bond donors (Lipinski definition) is 3. The lowest BCUT2D eigenvalue weighted by molar-refractivity contribution is -0.123. The quantitative estimate of drug-likeness (QED) is 0.182. The summed E-state index contributed by atoms with van der Waals surface area (Å²) in [5, 5.41) is 4.75. The lowest BCUT2D eigenvalue weighted by Crippen LogP contribution is -2.46. The zero-order chi connectivity index (χ0) is 26.9. The molecule has 1 aliphatic rings. The minimum atomic E-state index is -0.603. The number of rotatable bonds is 7. The van der Waals surface area contributed by atoms with E-state index in [1.165, 1.54) is 10.9 Å². The zero-order valence-corrected chi connectivity index (χ0v) is 22.5. The van der Waals surface area contributed by atoms with Gasteiger partial charge in [0.1, 0.15) is 11.3 Å². The van der Waals surface area contributed by atoms with Gasteiger partial charge in [-0.05, 0) is 73.8 Å². The summed E-state index contributed by atoms with van der Waals surface area (Å²) in [5.41, 5.74) is 9.91. The van der Waals surface area contributed by atoms with Gasteiger partial charge in [0.15, 0.2) is 0 Å². The minimum absolute atomic E-state index is 0.176. The smallest absolute Gasteiger partial charge is 0.360 e. The van der Waals surface area contributed by atoms with Crippen LogP contribution in [-0.2, 0) is 11.2 Å². The number of unbranched alkanes of at least 4 members (excludes halogenated alkanes) is 1. The summed E-state index contributed by atoms with van der Waals surface area (Å²) in [6.07, 6.45) is 5.47. The summed E-state index contributed by atoms with van der Waals surface area (Å²) >= 11 is 0. The van der Waals surface area contributed by atoms with E-state index in [0.717, 1.165) is 74.3 Å². The fourth-order valence-corrected chi connectivity index (χ4v) is 4.99. The topological polar surface area (TPSA) is 108 Å². The number of fused-ring (bicyclic) bond motifs is 2. The maximum absolute atomic E-state index is 12.4. The van der Waals surface area contributed by atoms with Gasteiger partial charge in [-0.1, -0.05) is 20.8 Å². The van der Waals surface area contributed by atoms with Crippen LogP contribution >= 0.6 is 0 Å². The van der Waals surface area contributed by atoms with Gasteiger partial charge < -0.3 is 25.4 Å². The first-order chi connectivity index (χ1) is 18.2. The van der Waals surface area contributed by atoms with Crippen molar-refractivity contribution in [2.75, 3.05) is 48.7 Å². The van der Waals surface area contributed by atoms with Crippen molar-refractivity contribution in [3.05, 3.63) is 64.6 Å². The monoisotopic (exact) mass is 515 g/mol. The Bertz CT molecular complexity index is 1510. The number of aromatic amines is 1. The molecule has 0 spiro atoms. The Labute approximate surface area is 222 Å². The molecular weight excluding hydrogens is 478 g/mol. The average Bonchev–Trinajstić information content (AvgIpc) is 3.28. The molecule has 2 aromatic carbocycles. The lowest BCUT2D eigenvalue weighted by Gasteiger charge is -2.36. The van der Waals surface area contributed by atoms with Crippen LogP contribution in [-0.4, -0.2) is 48.5 Å². The van der Waals surface area contributed by atoms with Gasteiger partial charge in [-0.3, -0.25) is 9.69 Å². The summed E-state index contributed by atoms with van der Waals surface area (Å²) in [6.45, 7) is 10.4. The molecule has 2 aromatic heterocycles. The molecule has 0 aliphatic carbocycles. The van der Waals surface area contributed by atoms with Gasteiger partial charge in [-0.15, -0.1) is 0 Å². The van der Waals surface area contributed by atoms with Crippen molar-refractivity contribution >= 4 is 44.8 Å². The molecule has 5 rings (SSSR count). The van der Waals surface area contributed by atoms with Crippen molar-refractivity contribution in [3.63, 3.8) is 0 Å². The maximum Gasteiger partial charge on any atom is 0.360 e. The predicted molar refractivity (Wildman–Crippen MR) is 155 cm³/mol. The molecule has 38 heavy (non-hydrogen) atoms. The number of carbonyl (C=O) groups excluding carboxylic acids is 1. The van der Waals surface area contributed by atoms with Crippen LogP contribution in [0.25, 0.3) is 21.9 Å². The van der Waals surface area contributed by atoms with Gasteiger partial charge >= 0.3 is 5.63 Å². The zero-order valence-electron chi connectivity index (χ0n) is 22.5. The Morgan fingerprint density at radius 2 is 1.84 bits per heavy atom. The molecule has 0 unspecified atom stereocenters. The molecule has 0 radical (unpaired) electrons. The summed E-state index contributed by atoms with van der Waals surface area (Å²) in [4.78, 5) is 33.0. The Hall–Kier alpha value is -3.78. The van der Waals surface area contributed by atoms with Crippen LogP contribution in [0.4, 0.5) is 17.1 Å². The number of carbonyl (C=O) groups is 1. The van der Waals surface area contributed by atoms with E-state index in [0.29, 0.717) is 5.58 Å². The molecule has 1 fully saturated rings. The first-order valence-electron chi connectivity index (χ1n) is 13.4. The van der Waals surface area contributed by atoms with Crippen molar-refractivity contribution in [2.24, 2.45) is 5.41 Å². The van der Waals surface area contributed by atoms with Crippen molar-refractivity contribution in [3.8, 4) is 0 Å². The Kier molecular flexibility index (Phi) is 7.17. The highest BCUT2D eigenvalue weighted by Crippen LogP contribution is 2.26. The van der Waals surface area contributed by atoms with E-state index >= 15 is 0 Å². The van der Waals surface area contributed by atoms with Crippen molar-refractivity contribution in [1.29, 1.82) is 0 Å². The third kappa shape index (κ3) is 5.70. The molecule has 4 N–H and O–H groups in total. The minimum Gasteiger partial charge on any atom is -0.421 e. The van der Waals surface area contributed by atoms with Gasteiger partial charge in [-0.2, -0.15) is 0 Å². The van der Waals surface area contributed by atoms with Crippen LogP contribution in [0.5, 0.6) is 0 Å². The van der Waals surface area contributed by atoms with Crippen molar-refractivity contribution < 1.29 is 9.21 Å². The summed E-state index contributed by atoms with van der Waals surface area (Å²) < 4.78 is 5.47. The summed E-state index contributed by atoms with van der Waals surface area (Å²) in [5.74, 6) is -0.220. The Morgan fingerprint density at radius 3 is 2.61 bits per heavy atom. The molecule has 8 heteroatoms. The highest BCUT2D eigenvalue weighted by molar-refractivity contribution is 5.96. The molecule has 1 amide bonds. The Morgan fingerprint density at radius 1 is 1.05 bits per heavy atom. The summed E-state index contributed by atoms with van der Waals surface area (Å²) in [7, 11) is 0. The molecule has 0 saturated carbocycles. The van der Waals surface area contributed by atoms with E-state index in [1.54, 1.807) is 6.07 Å². The van der Waals surface area contributed by atoms with E-state index in [2.05, 4.69) is 32.4 Å². The average molecular weight is 516 g/mol. The number of anilines is 3. The first-order valence-corrected chi connectivity index (χ1v) is 13.4. The van der Waals surface area contributed by atoms with Gasteiger partial charge in [0.2, 0.25) is 5.91 Å². The fraction of sp³-hybridized carbons (Fsp3) is 0.400. The number of aromatic nitrogens is 1. The van der Waals surface area contributed by atoms with E-state index in [-0.39, 0.29) is 11.6 Å². The lowest BCUT2D eigenvalue weighted by atomic mass is 9.95. The van der Waals surface area contributed by atoms with E-state index in [4.69, 9.17) is 10.2 Å². The number of aryl methyl sites for hydroxylation is 1. The van der Waals surface area contributed by atoms with Crippen LogP contribution in [0.1, 0.15) is 39.2 Å². The molecule has 1 aliphatic heterocycles. The van der Waals surface area contributed by atoms with Crippen LogP contribution in [0, 0.1) is 5.41 Å². The van der Waals surface area contributed by atoms with E-state index in [9.17, 15) is 9.59 Å². The largest absolute Gasteiger partial charge is 0.421 e. The van der Waals surface area contributed by atoms with Crippen molar-refractivity contribution in [1.82, 2.24) is 9.88 Å². The van der Waals surface area contributed by atoms with Gasteiger partial charge in [0.05, 0.1) is 0 Å². The van der Waals surface area contributed by atoms with Gasteiger partial charge in [-0.25, -0.2) is 4.79 Å². The Balaban J connectivity index is 1.14. The standard InChI is InChI=1S/C30H37N5O3/c1-30(2,3)29(37)33-26-17-21-16-23(8-10-27(21)38-28(26)36)35-14-12-34(13-15-35)11-5-4-6-20-19-32-25-9-7-22(31)18-24(20)25/h7-10,16-19,32H,4-6,11-15,31H2,1-3H3,(H,33,37). The predicted octanol–water partition coefficient (Wildman–Crippen LogP) is 4.99. The molecule has 0 atom stereocenters. The van der Waals surface area contributed by atoms with E-state index in [1.807, 2.05) is 51.1 Å². The second-order valence-electron chi connectivity index (χ2n) is 11.3. The summed E-state index contributed by atoms with van der Waals surface area (Å²) in [6, 6.07) is 13.6. The molecule has 3 heterocycles. The highest BCUT2D eigenvalue weighted by Gasteiger charge is 2.23. The molecule has 1 saturated heterocycles. The molecule has 200 valence electrons. The van der Waals surface area contributed by atoms with Gasteiger partial charge in [0.25, 0.3) is 0 Å². The number of nitrogen functional groups attached to an aromatic ring is 1. The van der Waals surface area contributed by atoms with Crippen LogP contribution < -0.4 is 21.6 Å². The fourth-order valence-electron chi connectivity index (χ4n) is 4.99. The maximum atomic E-state index is 12.4.